The summed E-state index contributed by atoms with van der Waals surface area (Å²) in [4.78, 5) is 28.4. The number of carboxylic acids is 1. The molecule has 1 aliphatic heterocycles. The molecule has 0 spiro atoms. The molecule has 0 unspecified atom stereocenters. The van der Waals surface area contributed by atoms with Gasteiger partial charge < -0.3 is 10.4 Å². The van der Waals surface area contributed by atoms with E-state index in [1.807, 2.05) is 54.6 Å². The highest BCUT2D eigenvalue weighted by Gasteiger charge is 2.45. The maximum atomic E-state index is 14.2. The molecule has 6 rings (SSSR count). The van der Waals surface area contributed by atoms with Crippen LogP contribution in [0.5, 0.6) is 0 Å². The Morgan fingerprint density at radius 2 is 1.35 bits per heavy atom. The molecule has 1 amide bonds. The van der Waals surface area contributed by atoms with E-state index in [2.05, 4.69) is 40.5 Å². The molecule has 0 radical (unpaired) electrons. The van der Waals surface area contributed by atoms with Crippen LogP contribution in [0.1, 0.15) is 29.5 Å². The van der Waals surface area contributed by atoms with Gasteiger partial charge in [-0.05, 0) is 88.9 Å². The first-order valence-corrected chi connectivity index (χ1v) is 17.1. The molecule has 0 saturated carbocycles. The fourth-order valence-electron chi connectivity index (χ4n) is 6.46. The van der Waals surface area contributed by atoms with Gasteiger partial charge in [0.2, 0.25) is 5.91 Å². The third-order valence-corrected chi connectivity index (χ3v) is 11.0. The maximum Gasteiger partial charge on any atom is 0.416 e. The number of amides is 1. The van der Waals surface area contributed by atoms with Crippen molar-refractivity contribution in [2.75, 3.05) is 18.8 Å². The van der Waals surface area contributed by atoms with Crippen LogP contribution in [0, 0.1) is 0 Å². The zero-order chi connectivity index (χ0) is 34.1. The lowest BCUT2D eigenvalue weighted by Gasteiger charge is -2.41. The van der Waals surface area contributed by atoms with E-state index >= 15 is 0 Å². The van der Waals surface area contributed by atoms with E-state index in [4.69, 9.17) is 0 Å². The molecular weight excluding hydrogens is 641 g/mol. The summed E-state index contributed by atoms with van der Waals surface area (Å²) < 4.78 is 65.4. The number of nitrogens with zero attached hydrogens (tertiary/aromatic N) is 1. The summed E-state index contributed by atoms with van der Waals surface area (Å²) in [6.07, 6.45) is -3.96. The smallest absolute Gasteiger partial charge is 0.416 e. The molecular formula is C37H33F3N2O5S. The highest BCUT2D eigenvalue weighted by molar-refractivity contribution is 7.91. The molecule has 0 aromatic heterocycles. The first-order chi connectivity index (χ1) is 22.8. The van der Waals surface area contributed by atoms with Gasteiger partial charge in [-0.25, -0.2) is 13.2 Å². The number of hydrogen-bond donors (Lipinski definition) is 2. The highest BCUT2D eigenvalue weighted by Crippen LogP contribution is 2.38. The van der Waals surface area contributed by atoms with Crippen LogP contribution in [0.4, 0.5) is 13.2 Å². The summed E-state index contributed by atoms with van der Waals surface area (Å²) in [5.74, 6) is -3.21. The zero-order valence-corrected chi connectivity index (χ0v) is 26.6. The lowest BCUT2D eigenvalue weighted by Crippen LogP contribution is -2.56. The first kappa shape index (κ1) is 33.2. The third kappa shape index (κ3) is 6.93. The van der Waals surface area contributed by atoms with Gasteiger partial charge in [0.1, 0.15) is 6.04 Å². The number of nitrogens with one attached hydrogen (secondary N) is 1. The quantitative estimate of drug-likeness (QED) is 0.183. The summed E-state index contributed by atoms with van der Waals surface area (Å²) in [5.41, 5.74) is -0.376. The molecule has 0 aliphatic carbocycles. The summed E-state index contributed by atoms with van der Waals surface area (Å²) >= 11 is 0. The second kappa shape index (κ2) is 13.0. The van der Waals surface area contributed by atoms with Crippen molar-refractivity contribution < 1.29 is 36.3 Å². The maximum absolute atomic E-state index is 14.2. The summed E-state index contributed by atoms with van der Waals surface area (Å²) in [6, 6.07) is 28.7. The Morgan fingerprint density at radius 1 is 0.792 bits per heavy atom. The largest absolute Gasteiger partial charge is 0.480 e. The van der Waals surface area contributed by atoms with Crippen LogP contribution in [-0.4, -0.2) is 55.2 Å². The van der Waals surface area contributed by atoms with Gasteiger partial charge in [0.15, 0.2) is 9.84 Å². The Morgan fingerprint density at radius 3 is 1.94 bits per heavy atom. The van der Waals surface area contributed by atoms with E-state index in [0.717, 1.165) is 39.2 Å². The number of hydrogen-bond acceptors (Lipinski definition) is 5. The van der Waals surface area contributed by atoms with E-state index in [1.54, 1.807) is 0 Å². The van der Waals surface area contributed by atoms with Crippen LogP contribution < -0.4 is 5.32 Å². The normalized spacial score (nSPS) is 16.1. The van der Waals surface area contributed by atoms with Crippen molar-refractivity contribution in [3.8, 4) is 0 Å². The minimum atomic E-state index is -4.66. The van der Waals surface area contributed by atoms with Crippen LogP contribution in [0.2, 0.25) is 0 Å². The van der Waals surface area contributed by atoms with Crippen molar-refractivity contribution in [1.82, 2.24) is 10.2 Å². The molecule has 7 nitrogen and oxygen atoms in total. The van der Waals surface area contributed by atoms with Crippen LogP contribution in [0.15, 0.2) is 114 Å². The Hall–Kier alpha value is -4.74. The lowest BCUT2D eigenvalue weighted by atomic mass is 9.71. The van der Waals surface area contributed by atoms with Crippen molar-refractivity contribution >= 4 is 43.3 Å². The second-order valence-corrected chi connectivity index (χ2v) is 14.3. The van der Waals surface area contributed by atoms with Crippen LogP contribution in [-0.2, 0) is 37.6 Å². The molecule has 2 N–H and O–H groups in total. The molecule has 0 bridgehead atoms. The third-order valence-electron chi connectivity index (χ3n) is 9.20. The van der Waals surface area contributed by atoms with Crippen molar-refractivity contribution in [1.29, 1.82) is 0 Å². The van der Waals surface area contributed by atoms with Crippen molar-refractivity contribution in [2.45, 2.75) is 41.9 Å². The fraction of sp³-hybridized carbons (Fsp3) is 0.243. The number of sulfone groups is 1. The van der Waals surface area contributed by atoms with Crippen LogP contribution in [0.3, 0.4) is 0 Å². The number of alkyl halides is 3. The van der Waals surface area contributed by atoms with Crippen molar-refractivity contribution in [3.63, 3.8) is 0 Å². The topological polar surface area (TPSA) is 104 Å². The number of halogens is 3. The summed E-state index contributed by atoms with van der Waals surface area (Å²) in [7, 11) is -4.39. The predicted octanol–water partition coefficient (Wildman–Crippen LogP) is 6.59. The number of carbonyl (C=O) groups excluding carboxylic acids is 1. The number of carbonyl (C=O) groups is 2. The number of piperidine rings is 1. The SMILES string of the molecule is O=C(O)[C@@H](CS(=O)(=O)c1ccc(C(F)(F)F)cc1)NC(=O)C1(c2ccc3ccccc3c2)CCN(Cc2ccc3ccccc3c2)CC1. The molecule has 1 atom stereocenters. The van der Waals surface area contributed by atoms with E-state index in [0.29, 0.717) is 50.2 Å². The van der Waals surface area contributed by atoms with Gasteiger partial charge in [-0.3, -0.25) is 9.69 Å². The summed E-state index contributed by atoms with van der Waals surface area (Å²) in [5, 5.41) is 16.7. The van der Waals surface area contributed by atoms with Gasteiger partial charge in [0.25, 0.3) is 0 Å². The fourth-order valence-corrected chi connectivity index (χ4v) is 7.87. The number of likely N-dealkylation sites (tertiary alicyclic amines) is 1. The van der Waals surface area contributed by atoms with Gasteiger partial charge in [-0.2, -0.15) is 13.2 Å². The highest BCUT2D eigenvalue weighted by atomic mass is 32.2. The van der Waals surface area contributed by atoms with E-state index in [9.17, 15) is 36.3 Å². The number of aliphatic carboxylic acids is 1. The first-order valence-electron chi connectivity index (χ1n) is 15.5. The van der Waals surface area contributed by atoms with Gasteiger partial charge in [0, 0.05) is 6.54 Å². The Bertz CT molecular complexity index is 2090. The predicted molar refractivity (Wildman–Crippen MR) is 177 cm³/mol. The molecule has 248 valence electrons. The van der Waals surface area contributed by atoms with Gasteiger partial charge >= 0.3 is 12.1 Å². The minimum Gasteiger partial charge on any atom is -0.480 e. The average molecular weight is 675 g/mol. The second-order valence-electron chi connectivity index (χ2n) is 12.3. The molecule has 1 aliphatic rings. The molecule has 1 fully saturated rings. The van der Waals surface area contributed by atoms with Crippen molar-refractivity contribution in [3.05, 3.63) is 126 Å². The average Bonchev–Trinajstić information content (AvgIpc) is 3.07. The molecule has 1 heterocycles. The van der Waals surface area contributed by atoms with Crippen molar-refractivity contribution in [2.24, 2.45) is 0 Å². The minimum absolute atomic E-state index is 0.350. The Kier molecular flexibility index (Phi) is 9.02. The van der Waals surface area contributed by atoms with Crippen LogP contribution >= 0.6 is 0 Å². The van der Waals surface area contributed by atoms with Crippen LogP contribution in [0.25, 0.3) is 21.5 Å². The number of carboxylic acid groups (broad SMARTS) is 1. The summed E-state index contributed by atoms with van der Waals surface area (Å²) in [6.45, 7) is 1.70. The molecule has 1 saturated heterocycles. The van der Waals surface area contributed by atoms with Gasteiger partial charge in [0.05, 0.1) is 21.6 Å². The molecule has 11 heteroatoms. The van der Waals surface area contributed by atoms with E-state index in [1.165, 1.54) is 0 Å². The van der Waals surface area contributed by atoms with E-state index in [-0.39, 0.29) is 0 Å². The zero-order valence-electron chi connectivity index (χ0n) is 25.8. The number of rotatable bonds is 9. The lowest BCUT2D eigenvalue weighted by molar-refractivity contribution is -0.142. The number of fused-ring (bicyclic) bond motifs is 2. The molecule has 5 aromatic carbocycles. The standard InChI is InChI=1S/C37H33F3N2O5S/c38-37(39,40)30-13-15-32(16-14-30)48(46,47)24-33(34(43)44)41-35(45)36(31-12-11-27-6-2-4-8-29(27)22-31)17-19-42(20-18-36)23-25-9-10-26-5-1-3-7-28(26)21-25/h1-16,21-22,33H,17-20,23-24H2,(H,41,45)(H,43,44)/t33-/m1/s1. The molecule has 48 heavy (non-hydrogen) atoms. The van der Waals surface area contributed by atoms with E-state index < -0.39 is 55.6 Å². The number of benzene rings is 5. The Labute approximate surface area is 275 Å². The van der Waals surface area contributed by atoms with Gasteiger partial charge in [-0.1, -0.05) is 78.9 Å². The van der Waals surface area contributed by atoms with Gasteiger partial charge in [-0.15, -0.1) is 0 Å². The Balaban J connectivity index is 1.25. The monoisotopic (exact) mass is 674 g/mol. The molecule has 5 aromatic rings.